The van der Waals surface area contributed by atoms with E-state index in [1.165, 1.54) is 24.5 Å². The summed E-state index contributed by atoms with van der Waals surface area (Å²) in [4.78, 5) is 4.16. The summed E-state index contributed by atoms with van der Waals surface area (Å²) < 4.78 is 25.0. The van der Waals surface area contributed by atoms with E-state index >= 15 is 0 Å². The third kappa shape index (κ3) is 4.38. The van der Waals surface area contributed by atoms with E-state index in [2.05, 4.69) is 10.3 Å². The highest BCUT2D eigenvalue weighted by atomic mass is 35.5. The third-order valence-corrected chi connectivity index (χ3v) is 5.07. The summed E-state index contributed by atoms with van der Waals surface area (Å²) in [6.45, 7) is 0.455. The largest absolute Gasteiger partial charge is 0.493 e. The number of methoxy groups -OCH3 is 1. The third-order valence-electron chi connectivity index (χ3n) is 3.63. The number of hydrogen-bond acceptors (Lipinski definition) is 5. The summed E-state index contributed by atoms with van der Waals surface area (Å²) in [7, 11) is 1.53. The van der Waals surface area contributed by atoms with Gasteiger partial charge in [-0.1, -0.05) is 29.3 Å². The highest BCUT2D eigenvalue weighted by Gasteiger charge is 2.13. The minimum atomic E-state index is -0.424. The van der Waals surface area contributed by atoms with E-state index in [9.17, 15) is 4.39 Å². The Labute approximate surface area is 164 Å². The molecular weight excluding hydrogens is 398 g/mol. The summed E-state index contributed by atoms with van der Waals surface area (Å²) in [5.74, 6) is 0.486. The lowest BCUT2D eigenvalue weighted by Gasteiger charge is -2.15. The first-order valence-corrected chi connectivity index (χ1v) is 9.27. The number of nitrogens with zero attached hydrogens (tertiary/aromatic N) is 1. The van der Waals surface area contributed by atoms with Gasteiger partial charge in [-0.2, -0.15) is 0 Å². The second kappa shape index (κ2) is 8.58. The minimum Gasteiger partial charge on any atom is -0.493 e. The predicted octanol–water partition coefficient (Wildman–Crippen LogP) is 5.79. The molecule has 1 N–H and O–H groups in total. The summed E-state index contributed by atoms with van der Waals surface area (Å²) >= 11 is 13.9. The van der Waals surface area contributed by atoms with Gasteiger partial charge < -0.3 is 14.8 Å². The molecule has 0 saturated carbocycles. The first-order chi connectivity index (χ1) is 12.6. The SMILES string of the molecule is COc1cc(CNc2nccs2)c(Cl)cc1OCc1c(F)cccc1Cl. The molecule has 2 aromatic carbocycles. The van der Waals surface area contributed by atoms with Gasteiger partial charge in [0, 0.05) is 34.8 Å². The maximum Gasteiger partial charge on any atom is 0.182 e. The Morgan fingerprint density at radius 1 is 1.19 bits per heavy atom. The van der Waals surface area contributed by atoms with Crippen molar-refractivity contribution in [1.82, 2.24) is 4.98 Å². The summed E-state index contributed by atoms with van der Waals surface area (Å²) in [5.41, 5.74) is 1.11. The van der Waals surface area contributed by atoms with Crippen LogP contribution in [-0.4, -0.2) is 12.1 Å². The lowest BCUT2D eigenvalue weighted by molar-refractivity contribution is 0.279. The lowest BCUT2D eigenvalue weighted by Crippen LogP contribution is -2.04. The van der Waals surface area contributed by atoms with E-state index in [-0.39, 0.29) is 12.2 Å². The van der Waals surface area contributed by atoms with E-state index in [0.29, 0.717) is 28.1 Å². The number of nitrogens with one attached hydrogen (secondary N) is 1. The molecule has 0 aliphatic carbocycles. The summed E-state index contributed by atoms with van der Waals surface area (Å²) in [6, 6.07) is 7.92. The number of thiazole rings is 1. The van der Waals surface area contributed by atoms with Crippen molar-refractivity contribution in [2.45, 2.75) is 13.2 Å². The Kier molecular flexibility index (Phi) is 6.19. The molecule has 0 saturated heterocycles. The van der Waals surface area contributed by atoms with E-state index in [4.69, 9.17) is 32.7 Å². The molecule has 0 atom stereocenters. The average molecular weight is 413 g/mol. The average Bonchev–Trinajstić information content (AvgIpc) is 3.14. The highest BCUT2D eigenvalue weighted by Crippen LogP contribution is 2.35. The smallest absolute Gasteiger partial charge is 0.182 e. The zero-order valence-electron chi connectivity index (χ0n) is 13.8. The molecule has 136 valence electrons. The van der Waals surface area contributed by atoms with Crippen LogP contribution in [-0.2, 0) is 13.2 Å². The van der Waals surface area contributed by atoms with Crippen molar-refractivity contribution in [3.63, 3.8) is 0 Å². The maximum absolute atomic E-state index is 13.9. The fraction of sp³-hybridized carbons (Fsp3) is 0.167. The van der Waals surface area contributed by atoms with Gasteiger partial charge >= 0.3 is 0 Å². The van der Waals surface area contributed by atoms with Crippen molar-refractivity contribution < 1.29 is 13.9 Å². The Balaban J connectivity index is 1.76. The van der Waals surface area contributed by atoms with Gasteiger partial charge in [-0.15, -0.1) is 11.3 Å². The van der Waals surface area contributed by atoms with Crippen molar-refractivity contribution in [2.24, 2.45) is 0 Å². The molecule has 0 bridgehead atoms. The van der Waals surface area contributed by atoms with Gasteiger partial charge in [-0.3, -0.25) is 0 Å². The van der Waals surface area contributed by atoms with Crippen LogP contribution in [0.15, 0.2) is 41.9 Å². The number of benzene rings is 2. The van der Waals surface area contributed by atoms with E-state index in [1.54, 1.807) is 30.5 Å². The Bertz CT molecular complexity index is 871. The molecule has 26 heavy (non-hydrogen) atoms. The van der Waals surface area contributed by atoms with Crippen LogP contribution in [0.1, 0.15) is 11.1 Å². The van der Waals surface area contributed by atoms with Crippen molar-refractivity contribution >= 4 is 39.7 Å². The summed E-state index contributed by atoms with van der Waals surface area (Å²) in [5, 5.41) is 6.68. The van der Waals surface area contributed by atoms with E-state index < -0.39 is 5.82 Å². The lowest BCUT2D eigenvalue weighted by atomic mass is 10.2. The second-order valence-corrected chi connectivity index (χ2v) is 6.98. The second-order valence-electron chi connectivity index (χ2n) is 5.27. The minimum absolute atomic E-state index is 0.0328. The number of rotatable bonds is 7. The van der Waals surface area contributed by atoms with Gasteiger partial charge in [0.1, 0.15) is 12.4 Å². The topological polar surface area (TPSA) is 43.4 Å². The molecule has 0 amide bonds. The first-order valence-electron chi connectivity index (χ1n) is 7.64. The van der Waals surface area contributed by atoms with Gasteiger partial charge in [-0.25, -0.2) is 9.37 Å². The van der Waals surface area contributed by atoms with Crippen LogP contribution in [0.25, 0.3) is 0 Å². The fourth-order valence-electron chi connectivity index (χ4n) is 2.29. The van der Waals surface area contributed by atoms with Gasteiger partial charge in [-0.05, 0) is 23.8 Å². The Morgan fingerprint density at radius 3 is 2.73 bits per heavy atom. The van der Waals surface area contributed by atoms with Crippen LogP contribution in [0, 0.1) is 5.82 Å². The molecule has 1 heterocycles. The van der Waals surface area contributed by atoms with Crippen LogP contribution < -0.4 is 14.8 Å². The maximum atomic E-state index is 13.9. The number of halogens is 3. The van der Waals surface area contributed by atoms with Crippen LogP contribution >= 0.6 is 34.5 Å². The Hall–Kier alpha value is -2.02. The van der Waals surface area contributed by atoms with Crippen molar-refractivity contribution in [1.29, 1.82) is 0 Å². The number of hydrogen-bond donors (Lipinski definition) is 1. The fourth-order valence-corrected chi connectivity index (χ4v) is 3.25. The molecule has 0 fully saturated rings. The molecular formula is C18H15Cl2FN2O2S. The molecule has 3 rings (SSSR count). The monoisotopic (exact) mass is 412 g/mol. The molecule has 0 spiro atoms. The normalized spacial score (nSPS) is 10.6. The molecule has 4 nitrogen and oxygen atoms in total. The number of ether oxygens (including phenoxy) is 2. The summed E-state index contributed by atoms with van der Waals surface area (Å²) in [6.07, 6.45) is 1.72. The molecule has 0 unspecified atom stereocenters. The first kappa shape index (κ1) is 18.8. The zero-order chi connectivity index (χ0) is 18.5. The molecule has 8 heteroatoms. The molecule has 1 aromatic heterocycles. The molecule has 0 aliphatic rings. The zero-order valence-corrected chi connectivity index (χ0v) is 16.1. The predicted molar refractivity (Wildman–Crippen MR) is 103 cm³/mol. The number of anilines is 1. The molecule has 0 radical (unpaired) electrons. The van der Waals surface area contributed by atoms with Crippen molar-refractivity contribution in [3.8, 4) is 11.5 Å². The standard InChI is InChI=1S/C18H15Cl2FN2O2S/c1-24-16-7-11(9-23-18-22-5-6-26-18)14(20)8-17(16)25-10-12-13(19)3-2-4-15(12)21/h2-8H,9-10H2,1H3,(H,22,23). The van der Waals surface area contributed by atoms with Gasteiger partial charge in [0.15, 0.2) is 16.6 Å². The van der Waals surface area contributed by atoms with Crippen LogP contribution in [0.4, 0.5) is 9.52 Å². The molecule has 0 aliphatic heterocycles. The van der Waals surface area contributed by atoms with Gasteiger partial charge in [0.2, 0.25) is 0 Å². The van der Waals surface area contributed by atoms with Crippen molar-refractivity contribution in [3.05, 3.63) is 68.9 Å². The van der Waals surface area contributed by atoms with Crippen LogP contribution in [0.3, 0.4) is 0 Å². The quantitative estimate of drug-likeness (QED) is 0.533. The van der Waals surface area contributed by atoms with E-state index in [0.717, 1.165) is 10.7 Å². The van der Waals surface area contributed by atoms with Crippen LogP contribution in [0.5, 0.6) is 11.5 Å². The van der Waals surface area contributed by atoms with Crippen LogP contribution in [0.2, 0.25) is 10.0 Å². The van der Waals surface area contributed by atoms with Crippen molar-refractivity contribution in [2.75, 3.05) is 12.4 Å². The number of aromatic nitrogens is 1. The molecule has 3 aromatic rings. The van der Waals surface area contributed by atoms with Gasteiger partial charge in [0.05, 0.1) is 12.1 Å². The van der Waals surface area contributed by atoms with E-state index in [1.807, 2.05) is 5.38 Å². The van der Waals surface area contributed by atoms with Gasteiger partial charge in [0.25, 0.3) is 0 Å². The highest BCUT2D eigenvalue weighted by molar-refractivity contribution is 7.13. The Morgan fingerprint density at radius 2 is 2.04 bits per heavy atom.